The highest BCUT2D eigenvalue weighted by Crippen LogP contribution is 2.40. The van der Waals surface area contributed by atoms with Crippen LogP contribution in [-0.2, 0) is 14.3 Å². The van der Waals surface area contributed by atoms with Gasteiger partial charge in [0.15, 0.2) is 11.5 Å². The maximum absolute atomic E-state index is 12.8. The van der Waals surface area contributed by atoms with Gasteiger partial charge in [0.05, 0.1) is 20.8 Å². The fraction of sp³-hybridized carbons (Fsp3) is 0.364. The van der Waals surface area contributed by atoms with Gasteiger partial charge in [0.25, 0.3) is 0 Å². The minimum atomic E-state index is -1.43. The van der Waals surface area contributed by atoms with E-state index in [4.69, 9.17) is 25.8 Å². The van der Waals surface area contributed by atoms with Crippen molar-refractivity contribution >= 4 is 29.2 Å². The molecule has 2 rings (SSSR count). The fourth-order valence-corrected chi connectivity index (χ4v) is 3.03. The number of amides is 1. The number of esters is 1. The standard InChI is InChI=1S/C22H26ClNO6/c1-6-30-21(27)22(2,3)20(26)24-16-11-10-13(23)12-15(16)18(25)14-8-7-9-17(28-4)19(14)29-5/h7-12,18,25H,6H2,1-5H3,(H,24,26). The number of hydrogen-bond donors (Lipinski definition) is 2. The van der Waals surface area contributed by atoms with E-state index in [0.29, 0.717) is 33.3 Å². The highest BCUT2D eigenvalue weighted by molar-refractivity contribution is 6.30. The van der Waals surface area contributed by atoms with Crippen molar-refractivity contribution in [2.45, 2.75) is 26.9 Å². The SMILES string of the molecule is CCOC(=O)C(C)(C)C(=O)Nc1ccc(Cl)cc1C(O)c1cccc(OC)c1OC. The Bertz CT molecular complexity index is 928. The van der Waals surface area contributed by atoms with Gasteiger partial charge in [-0.3, -0.25) is 9.59 Å². The number of halogens is 1. The molecule has 1 unspecified atom stereocenters. The van der Waals surface area contributed by atoms with Crippen LogP contribution in [0.2, 0.25) is 5.02 Å². The lowest BCUT2D eigenvalue weighted by Crippen LogP contribution is -2.39. The summed E-state index contributed by atoms with van der Waals surface area (Å²) in [5.74, 6) is -0.413. The third-order valence-corrected chi connectivity index (χ3v) is 4.87. The zero-order valence-corrected chi connectivity index (χ0v) is 18.4. The van der Waals surface area contributed by atoms with Crippen LogP contribution in [0.1, 0.15) is 38.0 Å². The van der Waals surface area contributed by atoms with Crippen LogP contribution in [0.15, 0.2) is 36.4 Å². The molecule has 0 radical (unpaired) electrons. The second-order valence-corrected chi connectivity index (χ2v) is 7.45. The van der Waals surface area contributed by atoms with Crippen LogP contribution in [0.25, 0.3) is 0 Å². The maximum atomic E-state index is 12.8. The molecule has 1 amide bonds. The van der Waals surface area contributed by atoms with E-state index in [1.165, 1.54) is 34.1 Å². The molecular formula is C22H26ClNO6. The molecule has 30 heavy (non-hydrogen) atoms. The summed E-state index contributed by atoms with van der Waals surface area (Å²) in [6.07, 6.45) is -1.19. The Morgan fingerprint density at radius 3 is 2.43 bits per heavy atom. The van der Waals surface area contributed by atoms with Crippen molar-refractivity contribution in [3.63, 3.8) is 0 Å². The van der Waals surface area contributed by atoms with E-state index < -0.39 is 23.4 Å². The van der Waals surface area contributed by atoms with Gasteiger partial charge < -0.3 is 24.6 Å². The van der Waals surface area contributed by atoms with Crippen molar-refractivity contribution < 1.29 is 28.9 Å². The van der Waals surface area contributed by atoms with E-state index in [0.717, 1.165) is 0 Å². The van der Waals surface area contributed by atoms with Crippen molar-refractivity contribution in [2.75, 3.05) is 26.1 Å². The Morgan fingerprint density at radius 1 is 1.13 bits per heavy atom. The molecule has 1 atom stereocenters. The number of ether oxygens (including phenoxy) is 3. The quantitative estimate of drug-likeness (QED) is 0.481. The summed E-state index contributed by atoms with van der Waals surface area (Å²) in [5, 5.41) is 14.2. The zero-order valence-electron chi connectivity index (χ0n) is 17.6. The van der Waals surface area contributed by atoms with Crippen LogP contribution in [-0.4, -0.2) is 37.8 Å². The first-order valence-electron chi connectivity index (χ1n) is 9.34. The van der Waals surface area contributed by atoms with Crippen LogP contribution in [0, 0.1) is 5.41 Å². The minimum absolute atomic E-state index is 0.163. The number of para-hydroxylation sites is 1. The largest absolute Gasteiger partial charge is 0.493 e. The number of aliphatic hydroxyl groups excluding tert-OH is 1. The normalized spacial score (nSPS) is 12.1. The number of aliphatic hydroxyl groups is 1. The molecule has 0 spiro atoms. The molecule has 0 fully saturated rings. The second-order valence-electron chi connectivity index (χ2n) is 7.02. The van der Waals surface area contributed by atoms with Gasteiger partial charge in [-0.25, -0.2) is 0 Å². The lowest BCUT2D eigenvalue weighted by Gasteiger charge is -2.24. The number of methoxy groups -OCH3 is 2. The Kier molecular flexibility index (Phi) is 7.70. The number of hydrogen-bond acceptors (Lipinski definition) is 6. The highest BCUT2D eigenvalue weighted by Gasteiger charge is 2.38. The Labute approximate surface area is 180 Å². The monoisotopic (exact) mass is 435 g/mol. The van der Waals surface area contributed by atoms with Crippen molar-refractivity contribution in [3.05, 3.63) is 52.5 Å². The molecule has 0 saturated carbocycles. The van der Waals surface area contributed by atoms with Gasteiger partial charge in [-0.05, 0) is 45.0 Å². The summed E-state index contributed by atoms with van der Waals surface area (Å²) in [7, 11) is 2.97. The first-order chi connectivity index (χ1) is 14.2. The summed E-state index contributed by atoms with van der Waals surface area (Å²) in [5.41, 5.74) is -0.355. The number of rotatable bonds is 8. The number of carbonyl (C=O) groups excluding carboxylic acids is 2. The molecule has 2 N–H and O–H groups in total. The molecule has 2 aromatic rings. The third kappa shape index (κ3) is 4.86. The van der Waals surface area contributed by atoms with Crippen molar-refractivity contribution in [1.29, 1.82) is 0 Å². The van der Waals surface area contributed by atoms with E-state index in [9.17, 15) is 14.7 Å². The molecule has 7 nitrogen and oxygen atoms in total. The van der Waals surface area contributed by atoms with E-state index in [-0.39, 0.29) is 6.61 Å². The van der Waals surface area contributed by atoms with Gasteiger partial charge in [-0.1, -0.05) is 23.7 Å². The summed E-state index contributed by atoms with van der Waals surface area (Å²) >= 11 is 6.14. The summed E-state index contributed by atoms with van der Waals surface area (Å²) in [6.45, 7) is 4.77. The van der Waals surface area contributed by atoms with Gasteiger partial charge in [0.1, 0.15) is 11.5 Å². The molecule has 8 heteroatoms. The third-order valence-electron chi connectivity index (χ3n) is 4.64. The van der Waals surface area contributed by atoms with Crippen LogP contribution in [0.5, 0.6) is 11.5 Å². The first-order valence-corrected chi connectivity index (χ1v) is 9.72. The van der Waals surface area contributed by atoms with Crippen LogP contribution in [0.4, 0.5) is 5.69 Å². The van der Waals surface area contributed by atoms with E-state index in [1.54, 1.807) is 37.3 Å². The summed E-state index contributed by atoms with van der Waals surface area (Å²) in [6, 6.07) is 9.78. The van der Waals surface area contributed by atoms with Crippen molar-refractivity contribution in [3.8, 4) is 11.5 Å². The fourth-order valence-electron chi connectivity index (χ4n) is 2.85. The molecule has 0 aliphatic heterocycles. The predicted molar refractivity (Wildman–Crippen MR) is 114 cm³/mol. The van der Waals surface area contributed by atoms with Crippen molar-refractivity contribution in [1.82, 2.24) is 0 Å². The molecule has 2 aromatic carbocycles. The number of carbonyl (C=O) groups is 2. The van der Waals surface area contributed by atoms with Crippen LogP contribution in [0.3, 0.4) is 0 Å². The maximum Gasteiger partial charge on any atom is 0.321 e. The Morgan fingerprint density at radius 2 is 1.83 bits per heavy atom. The molecular weight excluding hydrogens is 410 g/mol. The average molecular weight is 436 g/mol. The number of benzene rings is 2. The average Bonchev–Trinajstić information content (AvgIpc) is 2.73. The smallest absolute Gasteiger partial charge is 0.321 e. The Hall–Kier alpha value is -2.77. The molecule has 0 saturated heterocycles. The zero-order chi connectivity index (χ0) is 22.5. The second kappa shape index (κ2) is 9.82. The first kappa shape index (κ1) is 23.5. The van der Waals surface area contributed by atoms with E-state index in [2.05, 4.69) is 5.32 Å². The lowest BCUT2D eigenvalue weighted by atomic mass is 9.91. The van der Waals surface area contributed by atoms with Gasteiger partial charge in [0.2, 0.25) is 5.91 Å². The van der Waals surface area contributed by atoms with Gasteiger partial charge in [0, 0.05) is 21.8 Å². The van der Waals surface area contributed by atoms with Gasteiger partial charge in [-0.15, -0.1) is 0 Å². The van der Waals surface area contributed by atoms with E-state index >= 15 is 0 Å². The van der Waals surface area contributed by atoms with Gasteiger partial charge in [-0.2, -0.15) is 0 Å². The molecule has 0 bridgehead atoms. The molecule has 0 heterocycles. The molecule has 0 aliphatic rings. The predicted octanol–water partition coefficient (Wildman–Crippen LogP) is 3.97. The lowest BCUT2D eigenvalue weighted by molar-refractivity contribution is -0.157. The van der Waals surface area contributed by atoms with E-state index in [1.807, 2.05) is 0 Å². The minimum Gasteiger partial charge on any atom is -0.493 e. The number of nitrogens with one attached hydrogen (secondary N) is 1. The Balaban J connectivity index is 2.46. The van der Waals surface area contributed by atoms with Crippen LogP contribution >= 0.6 is 11.6 Å². The molecule has 0 aromatic heterocycles. The number of anilines is 1. The van der Waals surface area contributed by atoms with Crippen LogP contribution < -0.4 is 14.8 Å². The van der Waals surface area contributed by atoms with Gasteiger partial charge >= 0.3 is 5.97 Å². The summed E-state index contributed by atoms with van der Waals surface area (Å²) < 4.78 is 15.7. The molecule has 162 valence electrons. The topological polar surface area (TPSA) is 94.1 Å². The highest BCUT2D eigenvalue weighted by atomic mass is 35.5. The molecule has 0 aliphatic carbocycles. The summed E-state index contributed by atoms with van der Waals surface area (Å²) in [4.78, 5) is 25.0. The van der Waals surface area contributed by atoms with Crippen molar-refractivity contribution in [2.24, 2.45) is 5.41 Å².